The summed E-state index contributed by atoms with van der Waals surface area (Å²) >= 11 is 17.6. The largest absolute Gasteiger partial charge is 0.507 e. The minimum atomic E-state index is -0.776. The van der Waals surface area contributed by atoms with Crippen molar-refractivity contribution in [3.63, 3.8) is 0 Å². The zero-order chi connectivity index (χ0) is 20.0. The number of carbonyl (C=O) groups excluding carboxylic acids is 2. The first-order valence-corrected chi connectivity index (χ1v) is 9.50. The number of nitrogens with one attached hydrogen (secondary N) is 2. The molecule has 2 amide bonds. The highest BCUT2D eigenvalue weighted by Crippen LogP contribution is 2.25. The van der Waals surface area contributed by atoms with Crippen LogP contribution in [0.1, 0.15) is 36.5 Å². The van der Waals surface area contributed by atoms with Crippen LogP contribution in [0.4, 0.5) is 5.69 Å². The average Bonchev–Trinajstić information content (AvgIpc) is 2.61. The summed E-state index contributed by atoms with van der Waals surface area (Å²) in [6, 6.07) is 8.12. The molecule has 27 heavy (non-hydrogen) atoms. The van der Waals surface area contributed by atoms with E-state index in [1.165, 1.54) is 24.3 Å². The number of carbonyl (C=O) groups is 2. The summed E-state index contributed by atoms with van der Waals surface area (Å²) in [5.41, 5.74) is 0.516. The Hall–Kier alpha value is -1.95. The van der Waals surface area contributed by atoms with Gasteiger partial charge in [-0.05, 0) is 42.8 Å². The van der Waals surface area contributed by atoms with Crippen LogP contribution < -0.4 is 10.6 Å². The van der Waals surface area contributed by atoms with Crippen LogP contribution in [0, 0.1) is 0 Å². The van der Waals surface area contributed by atoms with Crippen molar-refractivity contribution in [3.05, 3.63) is 57.0 Å². The molecule has 8 heteroatoms. The van der Waals surface area contributed by atoms with Crippen molar-refractivity contribution >= 4 is 52.3 Å². The van der Waals surface area contributed by atoms with Crippen molar-refractivity contribution in [2.24, 2.45) is 0 Å². The first kappa shape index (κ1) is 21.4. The molecule has 0 saturated carbocycles. The Morgan fingerprint density at radius 2 is 1.81 bits per heavy atom. The second-order valence-corrected chi connectivity index (χ2v) is 7.20. The molecule has 2 aromatic carbocycles. The Balaban J connectivity index is 2.14. The molecule has 0 aliphatic carbocycles. The van der Waals surface area contributed by atoms with Crippen molar-refractivity contribution in [3.8, 4) is 5.75 Å². The van der Waals surface area contributed by atoms with Gasteiger partial charge in [-0.25, -0.2) is 0 Å². The number of phenolic OH excluding ortho intramolecular Hbond substituents is 1. The van der Waals surface area contributed by atoms with Gasteiger partial charge < -0.3 is 15.7 Å². The van der Waals surface area contributed by atoms with E-state index in [4.69, 9.17) is 34.8 Å². The minimum Gasteiger partial charge on any atom is -0.507 e. The minimum absolute atomic E-state index is 0.0447. The monoisotopic (exact) mass is 428 g/mol. The molecule has 1 atom stereocenters. The molecule has 0 aromatic heterocycles. The maximum atomic E-state index is 12.6. The van der Waals surface area contributed by atoms with E-state index >= 15 is 0 Å². The predicted molar refractivity (Wildman–Crippen MR) is 109 cm³/mol. The summed E-state index contributed by atoms with van der Waals surface area (Å²) in [6.45, 7) is 1.99. The summed E-state index contributed by atoms with van der Waals surface area (Å²) < 4.78 is 0. The molecule has 0 saturated heterocycles. The van der Waals surface area contributed by atoms with Gasteiger partial charge in [-0.3, -0.25) is 9.59 Å². The summed E-state index contributed by atoms with van der Waals surface area (Å²) in [5, 5.41) is 16.3. The number of hydrogen-bond donors (Lipinski definition) is 3. The van der Waals surface area contributed by atoms with Crippen molar-refractivity contribution < 1.29 is 14.7 Å². The first-order valence-electron chi connectivity index (χ1n) is 8.37. The maximum absolute atomic E-state index is 12.6. The van der Waals surface area contributed by atoms with Gasteiger partial charge in [0.05, 0.1) is 15.6 Å². The molecular formula is C19H19Cl3N2O3. The topological polar surface area (TPSA) is 78.4 Å². The van der Waals surface area contributed by atoms with Crippen LogP contribution in [0.5, 0.6) is 5.75 Å². The molecule has 0 spiro atoms. The molecule has 5 nitrogen and oxygen atoms in total. The lowest BCUT2D eigenvalue weighted by atomic mass is 10.1. The van der Waals surface area contributed by atoms with Crippen molar-refractivity contribution in [1.82, 2.24) is 5.32 Å². The van der Waals surface area contributed by atoms with E-state index in [-0.39, 0.29) is 17.2 Å². The van der Waals surface area contributed by atoms with Crippen LogP contribution in [-0.2, 0) is 4.79 Å². The molecule has 2 rings (SSSR count). The summed E-state index contributed by atoms with van der Waals surface area (Å²) in [5.74, 6) is -1.20. The molecule has 0 heterocycles. The van der Waals surface area contributed by atoms with Crippen molar-refractivity contribution in [1.29, 1.82) is 0 Å². The molecule has 0 radical (unpaired) electrons. The number of benzene rings is 2. The molecular weight excluding hydrogens is 411 g/mol. The van der Waals surface area contributed by atoms with E-state index < -0.39 is 11.9 Å². The smallest absolute Gasteiger partial charge is 0.255 e. The van der Waals surface area contributed by atoms with Gasteiger partial charge >= 0.3 is 0 Å². The second kappa shape index (κ2) is 9.83. The number of anilines is 1. The van der Waals surface area contributed by atoms with Gasteiger partial charge in [0.1, 0.15) is 11.8 Å². The third-order valence-corrected chi connectivity index (χ3v) is 4.83. The second-order valence-electron chi connectivity index (χ2n) is 5.95. The molecule has 2 aromatic rings. The third kappa shape index (κ3) is 6.03. The fourth-order valence-corrected chi connectivity index (χ4v) is 2.88. The number of unbranched alkanes of at least 4 members (excludes halogenated alkanes) is 1. The zero-order valence-electron chi connectivity index (χ0n) is 14.6. The fourth-order valence-electron chi connectivity index (χ4n) is 2.41. The Labute approximate surface area is 172 Å². The Morgan fingerprint density at radius 1 is 1.07 bits per heavy atom. The summed E-state index contributed by atoms with van der Waals surface area (Å²) in [6.07, 6.45) is 2.05. The molecule has 0 fully saturated rings. The maximum Gasteiger partial charge on any atom is 0.255 e. The van der Waals surface area contributed by atoms with Gasteiger partial charge in [-0.15, -0.1) is 0 Å². The van der Waals surface area contributed by atoms with E-state index in [1.807, 2.05) is 6.92 Å². The molecule has 0 bridgehead atoms. The van der Waals surface area contributed by atoms with Gasteiger partial charge in [0.25, 0.3) is 5.91 Å². The van der Waals surface area contributed by atoms with Gasteiger partial charge in [0, 0.05) is 10.7 Å². The fraction of sp³-hybridized carbons (Fsp3) is 0.263. The van der Waals surface area contributed by atoms with Crippen LogP contribution in [0.15, 0.2) is 36.4 Å². The number of rotatable bonds is 7. The normalized spacial score (nSPS) is 11.7. The Bertz CT molecular complexity index is 843. The van der Waals surface area contributed by atoms with Crippen molar-refractivity contribution in [2.45, 2.75) is 32.2 Å². The van der Waals surface area contributed by atoms with E-state index in [2.05, 4.69) is 10.6 Å². The highest BCUT2D eigenvalue weighted by molar-refractivity contribution is 6.42. The van der Waals surface area contributed by atoms with Crippen LogP contribution in [0.25, 0.3) is 0 Å². The number of phenols is 1. The zero-order valence-corrected chi connectivity index (χ0v) is 16.8. The molecule has 0 unspecified atom stereocenters. The number of aromatic hydroxyl groups is 1. The standard InChI is InChI=1S/C19H19Cl3N2O3/c1-2-3-4-16(19(27)23-12-6-8-14(21)15(22)10-12)24-18(26)13-7-5-11(20)9-17(13)25/h5-10,16,25H,2-4H2,1H3,(H,23,27)(H,24,26)/t16-/m0/s1. The number of hydrogen-bond acceptors (Lipinski definition) is 3. The average molecular weight is 430 g/mol. The molecule has 0 aliphatic rings. The highest BCUT2D eigenvalue weighted by Gasteiger charge is 2.22. The lowest BCUT2D eigenvalue weighted by Gasteiger charge is -2.19. The van der Waals surface area contributed by atoms with Crippen LogP contribution in [0.3, 0.4) is 0 Å². The van der Waals surface area contributed by atoms with Crippen LogP contribution in [0.2, 0.25) is 15.1 Å². The van der Waals surface area contributed by atoms with Gasteiger partial charge in [-0.2, -0.15) is 0 Å². The van der Waals surface area contributed by atoms with Gasteiger partial charge in [0.15, 0.2) is 0 Å². The SMILES string of the molecule is CCCC[C@H](NC(=O)c1ccc(Cl)cc1O)C(=O)Nc1ccc(Cl)c(Cl)c1. The van der Waals surface area contributed by atoms with Crippen LogP contribution >= 0.6 is 34.8 Å². The molecule has 3 N–H and O–H groups in total. The first-order chi connectivity index (χ1) is 12.8. The predicted octanol–water partition coefficient (Wildman–Crippen LogP) is 5.28. The Morgan fingerprint density at radius 3 is 2.44 bits per heavy atom. The van der Waals surface area contributed by atoms with E-state index in [1.54, 1.807) is 12.1 Å². The highest BCUT2D eigenvalue weighted by atomic mass is 35.5. The van der Waals surface area contributed by atoms with E-state index in [0.29, 0.717) is 27.2 Å². The number of amides is 2. The summed E-state index contributed by atoms with van der Waals surface area (Å²) in [4.78, 5) is 25.1. The quantitative estimate of drug-likeness (QED) is 0.560. The number of halogens is 3. The Kier molecular flexibility index (Phi) is 7.78. The third-order valence-electron chi connectivity index (χ3n) is 3.86. The van der Waals surface area contributed by atoms with Gasteiger partial charge in [0.2, 0.25) is 5.91 Å². The molecule has 144 valence electrons. The molecule has 0 aliphatic heterocycles. The summed E-state index contributed by atoms with van der Waals surface area (Å²) in [7, 11) is 0. The lowest BCUT2D eigenvalue weighted by molar-refractivity contribution is -0.118. The lowest BCUT2D eigenvalue weighted by Crippen LogP contribution is -2.43. The van der Waals surface area contributed by atoms with E-state index in [9.17, 15) is 14.7 Å². The van der Waals surface area contributed by atoms with Crippen molar-refractivity contribution in [2.75, 3.05) is 5.32 Å². The van der Waals surface area contributed by atoms with E-state index in [0.717, 1.165) is 12.8 Å². The van der Waals surface area contributed by atoms with Gasteiger partial charge in [-0.1, -0.05) is 54.6 Å². The van der Waals surface area contributed by atoms with Crippen LogP contribution in [-0.4, -0.2) is 23.0 Å².